The lowest BCUT2D eigenvalue weighted by Crippen LogP contribution is -2.40. The molecule has 0 bridgehead atoms. The van der Waals surface area contributed by atoms with Gasteiger partial charge in [-0.05, 0) is 38.6 Å². The molecule has 4 heteroatoms. The smallest absolute Gasteiger partial charge is 0.303 e. The van der Waals surface area contributed by atoms with E-state index in [9.17, 15) is 4.79 Å². The average Bonchev–Trinajstić information content (AvgIpc) is 2.59. The number of carbonyl (C=O) groups is 1. The van der Waals surface area contributed by atoms with Crippen molar-refractivity contribution in [2.45, 2.75) is 25.3 Å². The van der Waals surface area contributed by atoms with Crippen LogP contribution >= 0.6 is 0 Å². The van der Waals surface area contributed by atoms with Crippen LogP contribution in [0, 0.1) is 0 Å². The van der Waals surface area contributed by atoms with E-state index in [1.165, 1.54) is 5.69 Å². The van der Waals surface area contributed by atoms with Crippen LogP contribution in [-0.4, -0.2) is 48.7 Å². The van der Waals surface area contributed by atoms with Crippen LogP contribution < -0.4 is 4.90 Å². The fourth-order valence-electron chi connectivity index (χ4n) is 2.74. The molecule has 104 valence electrons. The highest BCUT2D eigenvalue weighted by Gasteiger charge is 2.24. The Morgan fingerprint density at radius 3 is 2.74 bits per heavy atom. The predicted molar refractivity (Wildman–Crippen MR) is 76.6 cm³/mol. The Kier molecular flexibility index (Phi) is 4.80. The van der Waals surface area contributed by atoms with E-state index < -0.39 is 5.97 Å². The van der Waals surface area contributed by atoms with E-state index in [0.717, 1.165) is 26.1 Å². The van der Waals surface area contributed by atoms with E-state index >= 15 is 0 Å². The standard InChI is InChI=1S/C15H22N2O2/c1-16-10-5-11-17(13-6-3-2-4-7-13)14(12-16)8-9-15(18)19/h2-4,6-7,14H,5,8-12H2,1H3,(H,18,19). The minimum absolute atomic E-state index is 0.238. The molecule has 0 amide bonds. The zero-order valence-electron chi connectivity index (χ0n) is 11.5. The molecular formula is C15H22N2O2. The Balaban J connectivity index is 2.13. The summed E-state index contributed by atoms with van der Waals surface area (Å²) >= 11 is 0. The zero-order chi connectivity index (χ0) is 13.7. The summed E-state index contributed by atoms with van der Waals surface area (Å²) in [6.45, 7) is 3.01. The van der Waals surface area contributed by atoms with Crippen LogP contribution in [0.15, 0.2) is 30.3 Å². The maximum absolute atomic E-state index is 10.8. The number of aliphatic carboxylic acids is 1. The molecule has 1 fully saturated rings. The van der Waals surface area contributed by atoms with Gasteiger partial charge < -0.3 is 14.9 Å². The molecule has 1 unspecified atom stereocenters. The summed E-state index contributed by atoms with van der Waals surface area (Å²) in [6.07, 6.45) is 2.06. The Morgan fingerprint density at radius 1 is 1.32 bits per heavy atom. The Morgan fingerprint density at radius 2 is 2.05 bits per heavy atom. The van der Waals surface area contributed by atoms with Gasteiger partial charge >= 0.3 is 5.97 Å². The van der Waals surface area contributed by atoms with Crippen LogP contribution in [0.5, 0.6) is 0 Å². The topological polar surface area (TPSA) is 43.8 Å². The summed E-state index contributed by atoms with van der Waals surface area (Å²) in [5.74, 6) is -0.708. The maximum atomic E-state index is 10.8. The van der Waals surface area contributed by atoms with Crippen molar-refractivity contribution in [3.63, 3.8) is 0 Å². The molecule has 2 rings (SSSR count). The van der Waals surface area contributed by atoms with Gasteiger partial charge in [-0.1, -0.05) is 18.2 Å². The molecule has 0 spiro atoms. The summed E-state index contributed by atoms with van der Waals surface area (Å²) in [6, 6.07) is 10.6. The van der Waals surface area contributed by atoms with Crippen molar-refractivity contribution in [3.8, 4) is 0 Å². The lowest BCUT2D eigenvalue weighted by Gasteiger charge is -2.32. The van der Waals surface area contributed by atoms with Crippen molar-refractivity contribution in [3.05, 3.63) is 30.3 Å². The highest BCUT2D eigenvalue weighted by Crippen LogP contribution is 2.22. The van der Waals surface area contributed by atoms with Crippen LogP contribution in [0.3, 0.4) is 0 Å². The zero-order valence-corrected chi connectivity index (χ0v) is 11.5. The van der Waals surface area contributed by atoms with Gasteiger partial charge in [0.05, 0.1) is 0 Å². The highest BCUT2D eigenvalue weighted by molar-refractivity contribution is 5.66. The number of likely N-dealkylation sites (N-methyl/N-ethyl adjacent to an activating group) is 1. The number of carboxylic acid groups (broad SMARTS) is 1. The summed E-state index contributed by atoms with van der Waals surface area (Å²) in [7, 11) is 2.11. The average molecular weight is 262 g/mol. The number of carboxylic acids is 1. The lowest BCUT2D eigenvalue weighted by molar-refractivity contribution is -0.137. The van der Waals surface area contributed by atoms with Crippen LogP contribution in [0.25, 0.3) is 0 Å². The van der Waals surface area contributed by atoms with Crippen molar-refractivity contribution in [1.82, 2.24) is 4.90 Å². The first-order valence-corrected chi connectivity index (χ1v) is 6.89. The number of nitrogens with zero attached hydrogens (tertiary/aromatic N) is 2. The fourth-order valence-corrected chi connectivity index (χ4v) is 2.74. The molecule has 1 aromatic rings. The molecule has 1 aliphatic rings. The van der Waals surface area contributed by atoms with Gasteiger partial charge in [0.1, 0.15) is 0 Å². The number of hydrogen-bond acceptors (Lipinski definition) is 3. The van der Waals surface area contributed by atoms with E-state index in [-0.39, 0.29) is 12.5 Å². The van der Waals surface area contributed by atoms with Gasteiger partial charge in [-0.2, -0.15) is 0 Å². The summed E-state index contributed by atoms with van der Waals surface area (Å²) in [5.41, 5.74) is 1.20. The molecular weight excluding hydrogens is 240 g/mol. The lowest BCUT2D eigenvalue weighted by atomic mass is 10.1. The van der Waals surface area contributed by atoms with Gasteiger partial charge in [-0.3, -0.25) is 4.79 Å². The SMILES string of the molecule is CN1CCCN(c2ccccc2)C(CCC(=O)O)C1. The van der Waals surface area contributed by atoms with Gasteiger partial charge in [-0.15, -0.1) is 0 Å². The molecule has 0 aromatic heterocycles. The third kappa shape index (κ3) is 3.96. The molecule has 1 aromatic carbocycles. The van der Waals surface area contributed by atoms with Crippen molar-refractivity contribution in [2.24, 2.45) is 0 Å². The maximum Gasteiger partial charge on any atom is 0.303 e. The van der Waals surface area contributed by atoms with Crippen LogP contribution in [0.2, 0.25) is 0 Å². The van der Waals surface area contributed by atoms with E-state index in [4.69, 9.17) is 5.11 Å². The molecule has 1 N–H and O–H groups in total. The summed E-state index contributed by atoms with van der Waals surface area (Å²) < 4.78 is 0. The van der Waals surface area contributed by atoms with E-state index in [1.807, 2.05) is 18.2 Å². The fraction of sp³-hybridized carbons (Fsp3) is 0.533. The molecule has 0 aliphatic carbocycles. The molecule has 19 heavy (non-hydrogen) atoms. The highest BCUT2D eigenvalue weighted by atomic mass is 16.4. The van der Waals surface area contributed by atoms with Crippen LogP contribution in [-0.2, 0) is 4.79 Å². The van der Waals surface area contributed by atoms with Crippen LogP contribution in [0.1, 0.15) is 19.3 Å². The number of anilines is 1. The Labute approximate surface area is 114 Å². The number of para-hydroxylation sites is 1. The first-order valence-electron chi connectivity index (χ1n) is 6.89. The van der Waals surface area contributed by atoms with Gasteiger partial charge in [0, 0.05) is 31.2 Å². The van der Waals surface area contributed by atoms with Crippen molar-refractivity contribution >= 4 is 11.7 Å². The number of hydrogen-bond donors (Lipinski definition) is 1. The van der Waals surface area contributed by atoms with Gasteiger partial charge in [0.25, 0.3) is 0 Å². The quantitative estimate of drug-likeness (QED) is 0.902. The first-order chi connectivity index (χ1) is 9.16. The largest absolute Gasteiger partial charge is 0.481 e. The second kappa shape index (κ2) is 6.57. The third-order valence-corrected chi connectivity index (χ3v) is 3.68. The molecule has 1 saturated heterocycles. The molecule has 0 saturated carbocycles. The van der Waals surface area contributed by atoms with Crippen molar-refractivity contribution < 1.29 is 9.90 Å². The predicted octanol–water partition coefficient (Wildman–Crippen LogP) is 2.06. The normalized spacial score (nSPS) is 21.1. The first kappa shape index (κ1) is 13.9. The van der Waals surface area contributed by atoms with Crippen molar-refractivity contribution in [2.75, 3.05) is 31.6 Å². The van der Waals surface area contributed by atoms with E-state index in [1.54, 1.807) is 0 Å². The molecule has 1 atom stereocenters. The third-order valence-electron chi connectivity index (χ3n) is 3.68. The molecule has 1 aliphatic heterocycles. The Bertz CT molecular complexity index is 408. The minimum Gasteiger partial charge on any atom is -0.481 e. The van der Waals surface area contributed by atoms with Crippen LogP contribution in [0.4, 0.5) is 5.69 Å². The second-order valence-corrected chi connectivity index (χ2v) is 5.23. The molecule has 1 heterocycles. The van der Waals surface area contributed by atoms with Crippen molar-refractivity contribution in [1.29, 1.82) is 0 Å². The van der Waals surface area contributed by atoms with Gasteiger partial charge in [0.2, 0.25) is 0 Å². The van der Waals surface area contributed by atoms with E-state index in [0.29, 0.717) is 6.42 Å². The summed E-state index contributed by atoms with van der Waals surface area (Å²) in [4.78, 5) is 15.5. The van der Waals surface area contributed by atoms with Gasteiger partial charge in [0.15, 0.2) is 0 Å². The van der Waals surface area contributed by atoms with E-state index in [2.05, 4.69) is 29.0 Å². The summed E-state index contributed by atoms with van der Waals surface area (Å²) in [5, 5.41) is 8.91. The number of benzene rings is 1. The van der Waals surface area contributed by atoms with Gasteiger partial charge in [-0.25, -0.2) is 0 Å². The Hall–Kier alpha value is -1.55. The number of rotatable bonds is 4. The minimum atomic E-state index is -0.708. The second-order valence-electron chi connectivity index (χ2n) is 5.23. The molecule has 4 nitrogen and oxygen atoms in total. The molecule has 0 radical (unpaired) electrons. The monoisotopic (exact) mass is 262 g/mol.